The Morgan fingerprint density at radius 2 is 1.65 bits per heavy atom. The van der Waals surface area contributed by atoms with Crippen molar-refractivity contribution in [1.82, 2.24) is 14.8 Å². The SMILES string of the molecule is COc1ccc(-c2nnc(SC(C)C(=O)Nc3ccc(N(C)C)cc3)n2-c2ccccc2)cc1. The lowest BCUT2D eigenvalue weighted by molar-refractivity contribution is -0.115. The Kier molecular flexibility index (Phi) is 7.18. The summed E-state index contributed by atoms with van der Waals surface area (Å²) in [5, 5.41) is 12.1. The molecule has 1 atom stereocenters. The first kappa shape index (κ1) is 23.4. The van der Waals surface area contributed by atoms with Crippen molar-refractivity contribution in [2.45, 2.75) is 17.3 Å². The molecule has 1 aromatic heterocycles. The fraction of sp³-hybridized carbons (Fsp3) is 0.192. The topological polar surface area (TPSA) is 72.3 Å². The molecule has 0 aliphatic carbocycles. The molecule has 0 aliphatic heterocycles. The van der Waals surface area contributed by atoms with Crippen molar-refractivity contribution < 1.29 is 9.53 Å². The van der Waals surface area contributed by atoms with Gasteiger partial charge in [0.15, 0.2) is 11.0 Å². The van der Waals surface area contributed by atoms with E-state index in [2.05, 4.69) is 15.5 Å². The normalized spacial score (nSPS) is 11.6. The largest absolute Gasteiger partial charge is 0.497 e. The van der Waals surface area contributed by atoms with Gasteiger partial charge in [-0.2, -0.15) is 0 Å². The number of carbonyl (C=O) groups is 1. The van der Waals surface area contributed by atoms with Crippen LogP contribution in [0.25, 0.3) is 17.1 Å². The molecule has 0 spiro atoms. The van der Waals surface area contributed by atoms with E-state index in [-0.39, 0.29) is 11.2 Å². The Hall–Kier alpha value is -3.78. The van der Waals surface area contributed by atoms with E-state index in [4.69, 9.17) is 4.74 Å². The number of amides is 1. The molecule has 3 aromatic carbocycles. The third-order valence-corrected chi connectivity index (χ3v) is 6.34. The fourth-order valence-electron chi connectivity index (χ4n) is 3.38. The van der Waals surface area contributed by atoms with E-state index < -0.39 is 0 Å². The summed E-state index contributed by atoms with van der Waals surface area (Å²) in [7, 11) is 5.60. The molecular weight excluding hydrogens is 446 g/mol. The number of nitrogens with one attached hydrogen (secondary N) is 1. The number of nitrogens with zero attached hydrogens (tertiary/aromatic N) is 4. The van der Waals surface area contributed by atoms with Gasteiger partial charge in [-0.15, -0.1) is 10.2 Å². The minimum atomic E-state index is -0.385. The van der Waals surface area contributed by atoms with Crippen molar-refractivity contribution in [2.75, 3.05) is 31.4 Å². The van der Waals surface area contributed by atoms with Crippen LogP contribution in [0, 0.1) is 0 Å². The molecule has 0 fully saturated rings. The van der Waals surface area contributed by atoms with Crippen LogP contribution < -0.4 is 15.0 Å². The van der Waals surface area contributed by atoms with Crippen LogP contribution in [-0.4, -0.2) is 47.1 Å². The number of rotatable bonds is 8. The van der Waals surface area contributed by atoms with Crippen LogP contribution in [0.3, 0.4) is 0 Å². The predicted molar refractivity (Wildman–Crippen MR) is 138 cm³/mol. The van der Waals surface area contributed by atoms with Gasteiger partial charge in [0.25, 0.3) is 0 Å². The summed E-state index contributed by atoms with van der Waals surface area (Å²) in [5.74, 6) is 1.37. The maximum absolute atomic E-state index is 12.9. The Bertz CT molecular complexity index is 1240. The summed E-state index contributed by atoms with van der Waals surface area (Å²) in [6.07, 6.45) is 0. The molecule has 8 heteroatoms. The van der Waals surface area contributed by atoms with E-state index >= 15 is 0 Å². The molecule has 1 heterocycles. The van der Waals surface area contributed by atoms with E-state index in [9.17, 15) is 4.79 Å². The first-order valence-corrected chi connectivity index (χ1v) is 11.7. The summed E-state index contributed by atoms with van der Waals surface area (Å²) in [6.45, 7) is 1.87. The van der Waals surface area contributed by atoms with Gasteiger partial charge in [-0.1, -0.05) is 30.0 Å². The van der Waals surface area contributed by atoms with Crippen molar-refractivity contribution in [2.24, 2.45) is 0 Å². The zero-order valence-electron chi connectivity index (χ0n) is 19.6. The van der Waals surface area contributed by atoms with Crippen molar-refractivity contribution in [3.05, 3.63) is 78.9 Å². The minimum absolute atomic E-state index is 0.101. The van der Waals surface area contributed by atoms with Gasteiger partial charge in [0.1, 0.15) is 5.75 Å². The third-order valence-electron chi connectivity index (χ3n) is 5.30. The Balaban J connectivity index is 1.58. The van der Waals surface area contributed by atoms with E-state index in [1.165, 1.54) is 11.8 Å². The summed E-state index contributed by atoms with van der Waals surface area (Å²) < 4.78 is 7.25. The molecule has 0 saturated carbocycles. The lowest BCUT2D eigenvalue weighted by Gasteiger charge is -2.15. The van der Waals surface area contributed by atoms with Gasteiger partial charge in [-0.05, 0) is 67.6 Å². The van der Waals surface area contributed by atoms with Gasteiger partial charge in [-0.25, -0.2) is 0 Å². The summed E-state index contributed by atoms with van der Waals surface area (Å²) in [6, 6.07) is 25.3. The van der Waals surface area contributed by atoms with E-state index in [0.717, 1.165) is 28.4 Å². The molecule has 4 rings (SSSR count). The number of hydrogen-bond acceptors (Lipinski definition) is 6. The Labute approximate surface area is 203 Å². The van der Waals surface area contributed by atoms with Crippen molar-refractivity contribution in [3.63, 3.8) is 0 Å². The second-order valence-electron chi connectivity index (χ2n) is 7.90. The Morgan fingerprint density at radius 3 is 2.26 bits per heavy atom. The van der Waals surface area contributed by atoms with Crippen LogP contribution in [0.1, 0.15) is 6.92 Å². The lowest BCUT2D eigenvalue weighted by Crippen LogP contribution is -2.23. The number of hydrogen-bond donors (Lipinski definition) is 1. The summed E-state index contributed by atoms with van der Waals surface area (Å²) in [4.78, 5) is 14.9. The van der Waals surface area contributed by atoms with Gasteiger partial charge in [0.2, 0.25) is 5.91 Å². The van der Waals surface area contributed by atoms with Crippen molar-refractivity contribution >= 4 is 29.0 Å². The average Bonchev–Trinajstić information content (AvgIpc) is 3.28. The molecular formula is C26H27N5O2S. The zero-order valence-corrected chi connectivity index (χ0v) is 20.4. The molecule has 7 nitrogen and oxygen atoms in total. The second kappa shape index (κ2) is 10.4. The molecule has 0 saturated heterocycles. The Morgan fingerprint density at radius 1 is 0.971 bits per heavy atom. The second-order valence-corrected chi connectivity index (χ2v) is 9.20. The van der Waals surface area contributed by atoms with Crippen LogP contribution in [-0.2, 0) is 4.79 Å². The number of anilines is 2. The number of para-hydroxylation sites is 1. The standard InChI is InChI=1S/C26H27N5O2S/c1-18(25(32)27-20-12-14-21(15-13-20)30(2)3)34-26-29-28-24(19-10-16-23(33-4)17-11-19)31(26)22-8-6-5-7-9-22/h5-18H,1-4H3,(H,27,32). The lowest BCUT2D eigenvalue weighted by atomic mass is 10.2. The van der Waals surface area contributed by atoms with E-state index in [1.807, 2.05) is 109 Å². The molecule has 0 bridgehead atoms. The van der Waals surface area contributed by atoms with Gasteiger partial charge in [0, 0.05) is 36.7 Å². The van der Waals surface area contributed by atoms with Gasteiger partial charge in [-0.3, -0.25) is 9.36 Å². The number of methoxy groups -OCH3 is 1. The number of carbonyl (C=O) groups excluding carboxylic acids is 1. The number of thioether (sulfide) groups is 1. The van der Waals surface area contributed by atoms with Crippen molar-refractivity contribution in [3.8, 4) is 22.8 Å². The maximum Gasteiger partial charge on any atom is 0.237 e. The van der Waals surface area contributed by atoms with Crippen molar-refractivity contribution in [1.29, 1.82) is 0 Å². The van der Waals surface area contributed by atoms with Crippen LogP contribution in [0.5, 0.6) is 5.75 Å². The zero-order chi connectivity index (χ0) is 24.1. The highest BCUT2D eigenvalue weighted by molar-refractivity contribution is 8.00. The van der Waals surface area contributed by atoms with Crippen LogP contribution in [0.2, 0.25) is 0 Å². The quantitative estimate of drug-likeness (QED) is 0.358. The molecule has 0 radical (unpaired) electrons. The van der Waals surface area contributed by atoms with E-state index in [1.54, 1.807) is 7.11 Å². The predicted octanol–water partition coefficient (Wildman–Crippen LogP) is 5.13. The minimum Gasteiger partial charge on any atom is -0.497 e. The van der Waals surface area contributed by atoms with Crippen LogP contribution in [0.4, 0.5) is 11.4 Å². The van der Waals surface area contributed by atoms with Gasteiger partial charge < -0.3 is 15.0 Å². The van der Waals surface area contributed by atoms with Crippen LogP contribution >= 0.6 is 11.8 Å². The monoisotopic (exact) mass is 473 g/mol. The summed E-state index contributed by atoms with van der Waals surface area (Å²) >= 11 is 1.37. The fourth-order valence-corrected chi connectivity index (χ4v) is 4.25. The highest BCUT2D eigenvalue weighted by Crippen LogP contribution is 2.31. The molecule has 4 aromatic rings. The first-order chi connectivity index (χ1) is 16.5. The maximum atomic E-state index is 12.9. The van der Waals surface area contributed by atoms with Crippen LogP contribution in [0.15, 0.2) is 84.0 Å². The molecule has 34 heavy (non-hydrogen) atoms. The molecule has 1 N–H and O–H groups in total. The van der Waals surface area contributed by atoms with E-state index in [0.29, 0.717) is 11.0 Å². The third kappa shape index (κ3) is 5.23. The molecule has 174 valence electrons. The molecule has 0 aliphatic rings. The smallest absolute Gasteiger partial charge is 0.237 e. The highest BCUT2D eigenvalue weighted by Gasteiger charge is 2.22. The molecule has 1 unspecified atom stereocenters. The van der Waals surface area contributed by atoms with Gasteiger partial charge >= 0.3 is 0 Å². The average molecular weight is 474 g/mol. The number of aromatic nitrogens is 3. The first-order valence-electron chi connectivity index (χ1n) is 10.9. The number of ether oxygens (including phenoxy) is 1. The number of benzene rings is 3. The van der Waals surface area contributed by atoms with Gasteiger partial charge in [0.05, 0.1) is 12.4 Å². The summed E-state index contributed by atoms with van der Waals surface area (Å²) in [5.41, 5.74) is 3.66. The highest BCUT2D eigenvalue weighted by atomic mass is 32.2. The molecule has 1 amide bonds.